The lowest BCUT2D eigenvalue weighted by atomic mass is 10.1. The molecule has 1 fully saturated rings. The van der Waals surface area contributed by atoms with Crippen molar-refractivity contribution < 1.29 is 0 Å². The molecule has 0 saturated carbocycles. The molecule has 1 aliphatic rings. The van der Waals surface area contributed by atoms with Gasteiger partial charge in [0.1, 0.15) is 5.82 Å². The van der Waals surface area contributed by atoms with Crippen LogP contribution in [0.25, 0.3) is 0 Å². The van der Waals surface area contributed by atoms with Crippen molar-refractivity contribution in [3.63, 3.8) is 0 Å². The van der Waals surface area contributed by atoms with Gasteiger partial charge in [-0.25, -0.2) is 9.97 Å². The van der Waals surface area contributed by atoms with Gasteiger partial charge in [0.25, 0.3) is 0 Å². The number of anilines is 1. The molecule has 3 rings (SSSR count). The summed E-state index contributed by atoms with van der Waals surface area (Å²) in [6.45, 7) is 6.99. The Bertz CT molecular complexity index is 758. The first-order valence-corrected chi connectivity index (χ1v) is 9.26. The van der Waals surface area contributed by atoms with E-state index in [1.807, 2.05) is 13.0 Å². The summed E-state index contributed by atoms with van der Waals surface area (Å²) in [5.74, 6) is 1.54. The lowest BCUT2D eigenvalue weighted by Crippen LogP contribution is -2.38. The van der Waals surface area contributed by atoms with Crippen LogP contribution in [-0.4, -0.2) is 36.1 Å². The van der Waals surface area contributed by atoms with Crippen LogP contribution in [0, 0.1) is 6.92 Å². The van der Waals surface area contributed by atoms with E-state index in [1.54, 1.807) is 13.2 Å². The number of guanidine groups is 1. The quantitative estimate of drug-likeness (QED) is 0.390. The molecule has 1 aromatic carbocycles. The van der Waals surface area contributed by atoms with E-state index < -0.39 is 0 Å². The number of aliphatic imine (C=N–C) groups is 1. The van der Waals surface area contributed by atoms with Gasteiger partial charge in [0.2, 0.25) is 0 Å². The standard InChI is InChI=1S/C20H28N6.HI/c1-15(17-7-6-8-19(13-17)26-11-4-5-12-26)24-20(21-3)23-14-18-9-10-22-16(2)25-18;/h6-10,13,15H,4-5,11-12,14H2,1-3H3,(H2,21,23,24);1H. The number of aryl methyl sites for hydroxylation is 1. The number of nitrogens with zero attached hydrogens (tertiary/aromatic N) is 4. The topological polar surface area (TPSA) is 65.4 Å². The van der Waals surface area contributed by atoms with Gasteiger partial charge in [-0.1, -0.05) is 12.1 Å². The SMILES string of the molecule is CN=C(NCc1ccnc(C)n1)NC(C)c1cccc(N2CCCC2)c1.I. The third-order valence-electron chi connectivity index (χ3n) is 4.69. The highest BCUT2D eigenvalue weighted by Gasteiger charge is 2.14. The van der Waals surface area contributed by atoms with Crippen LogP contribution >= 0.6 is 24.0 Å². The second-order valence-corrected chi connectivity index (χ2v) is 6.68. The average molecular weight is 480 g/mol. The average Bonchev–Trinajstić information content (AvgIpc) is 3.20. The highest BCUT2D eigenvalue weighted by atomic mass is 127. The fourth-order valence-electron chi connectivity index (χ4n) is 3.23. The molecule has 7 heteroatoms. The number of nitrogens with one attached hydrogen (secondary N) is 2. The van der Waals surface area contributed by atoms with Gasteiger partial charge in [0.15, 0.2) is 5.96 Å². The number of halogens is 1. The molecule has 146 valence electrons. The number of hydrogen-bond donors (Lipinski definition) is 2. The molecule has 0 bridgehead atoms. The van der Waals surface area contributed by atoms with E-state index in [4.69, 9.17) is 0 Å². The molecule has 0 radical (unpaired) electrons. The zero-order chi connectivity index (χ0) is 18.4. The Kier molecular flexibility index (Phi) is 8.27. The second kappa shape index (κ2) is 10.4. The Labute approximate surface area is 178 Å². The van der Waals surface area contributed by atoms with Crippen LogP contribution in [0.15, 0.2) is 41.5 Å². The largest absolute Gasteiger partial charge is 0.372 e. The first-order chi connectivity index (χ1) is 12.7. The summed E-state index contributed by atoms with van der Waals surface area (Å²) in [6, 6.07) is 10.9. The Morgan fingerprint density at radius 3 is 2.74 bits per heavy atom. The van der Waals surface area contributed by atoms with Crippen molar-refractivity contribution in [2.75, 3.05) is 25.0 Å². The summed E-state index contributed by atoms with van der Waals surface area (Å²) in [7, 11) is 1.79. The van der Waals surface area contributed by atoms with Crippen LogP contribution in [0.1, 0.15) is 42.9 Å². The van der Waals surface area contributed by atoms with Crippen LogP contribution < -0.4 is 15.5 Å². The van der Waals surface area contributed by atoms with Crippen LogP contribution in [0.2, 0.25) is 0 Å². The summed E-state index contributed by atoms with van der Waals surface area (Å²) in [6.07, 6.45) is 4.36. The number of aromatic nitrogens is 2. The van der Waals surface area contributed by atoms with E-state index in [0.717, 1.165) is 30.6 Å². The molecule has 0 amide bonds. The van der Waals surface area contributed by atoms with Gasteiger partial charge in [-0.3, -0.25) is 4.99 Å². The van der Waals surface area contributed by atoms with Crippen LogP contribution in [0.3, 0.4) is 0 Å². The van der Waals surface area contributed by atoms with Crippen molar-refractivity contribution in [1.82, 2.24) is 20.6 Å². The Morgan fingerprint density at radius 2 is 2.04 bits per heavy atom. The molecule has 1 atom stereocenters. The molecule has 2 N–H and O–H groups in total. The van der Waals surface area contributed by atoms with Gasteiger partial charge in [-0.05, 0) is 50.5 Å². The summed E-state index contributed by atoms with van der Waals surface area (Å²) >= 11 is 0. The van der Waals surface area contributed by atoms with Crippen molar-refractivity contribution in [3.8, 4) is 0 Å². The maximum absolute atomic E-state index is 4.41. The first kappa shape index (κ1) is 21.4. The molecule has 0 spiro atoms. The van der Waals surface area contributed by atoms with Crippen LogP contribution in [0.4, 0.5) is 5.69 Å². The van der Waals surface area contributed by atoms with E-state index in [2.05, 4.69) is 61.7 Å². The maximum atomic E-state index is 4.41. The predicted molar refractivity (Wildman–Crippen MR) is 122 cm³/mol. The van der Waals surface area contributed by atoms with Gasteiger partial charge in [-0.15, -0.1) is 24.0 Å². The molecule has 27 heavy (non-hydrogen) atoms. The Hall–Kier alpha value is -1.90. The van der Waals surface area contributed by atoms with Crippen molar-refractivity contribution >= 4 is 35.6 Å². The lowest BCUT2D eigenvalue weighted by Gasteiger charge is -2.22. The van der Waals surface area contributed by atoms with E-state index in [1.165, 1.54) is 24.1 Å². The minimum absolute atomic E-state index is 0. The molecule has 6 nitrogen and oxygen atoms in total. The van der Waals surface area contributed by atoms with E-state index in [0.29, 0.717) is 6.54 Å². The van der Waals surface area contributed by atoms with Gasteiger partial charge in [0, 0.05) is 32.0 Å². The summed E-state index contributed by atoms with van der Waals surface area (Å²) in [4.78, 5) is 15.3. The number of rotatable bonds is 5. The number of hydrogen-bond acceptors (Lipinski definition) is 4. The summed E-state index contributed by atoms with van der Waals surface area (Å²) in [5.41, 5.74) is 3.52. The van der Waals surface area contributed by atoms with Gasteiger partial charge < -0.3 is 15.5 Å². The normalized spacial score (nSPS) is 15.2. The van der Waals surface area contributed by atoms with Crippen LogP contribution in [-0.2, 0) is 6.54 Å². The third-order valence-corrected chi connectivity index (χ3v) is 4.69. The van der Waals surface area contributed by atoms with Crippen molar-refractivity contribution in [1.29, 1.82) is 0 Å². The fraction of sp³-hybridized carbons (Fsp3) is 0.450. The zero-order valence-electron chi connectivity index (χ0n) is 16.3. The highest BCUT2D eigenvalue weighted by Crippen LogP contribution is 2.23. The van der Waals surface area contributed by atoms with E-state index in [9.17, 15) is 0 Å². The fourth-order valence-corrected chi connectivity index (χ4v) is 3.23. The monoisotopic (exact) mass is 480 g/mol. The first-order valence-electron chi connectivity index (χ1n) is 9.26. The maximum Gasteiger partial charge on any atom is 0.191 e. The van der Waals surface area contributed by atoms with E-state index >= 15 is 0 Å². The predicted octanol–water partition coefficient (Wildman–Crippen LogP) is 3.43. The molecular formula is C20H29IN6. The molecule has 1 aromatic heterocycles. The van der Waals surface area contributed by atoms with E-state index in [-0.39, 0.29) is 30.0 Å². The second-order valence-electron chi connectivity index (χ2n) is 6.68. The number of benzene rings is 1. The summed E-state index contributed by atoms with van der Waals surface area (Å²) < 4.78 is 0. The smallest absolute Gasteiger partial charge is 0.191 e. The minimum atomic E-state index is 0. The summed E-state index contributed by atoms with van der Waals surface area (Å²) in [5, 5.41) is 6.78. The Balaban J connectivity index is 0.00000261. The van der Waals surface area contributed by atoms with Gasteiger partial charge in [-0.2, -0.15) is 0 Å². The minimum Gasteiger partial charge on any atom is -0.372 e. The third kappa shape index (κ3) is 6.05. The van der Waals surface area contributed by atoms with Crippen LogP contribution in [0.5, 0.6) is 0 Å². The molecular weight excluding hydrogens is 451 g/mol. The Morgan fingerprint density at radius 1 is 1.26 bits per heavy atom. The highest BCUT2D eigenvalue weighted by molar-refractivity contribution is 14.0. The lowest BCUT2D eigenvalue weighted by molar-refractivity contribution is 0.681. The van der Waals surface area contributed by atoms with Gasteiger partial charge >= 0.3 is 0 Å². The zero-order valence-corrected chi connectivity index (χ0v) is 18.6. The molecule has 1 unspecified atom stereocenters. The van der Waals surface area contributed by atoms with Crippen molar-refractivity contribution in [3.05, 3.63) is 53.6 Å². The molecule has 1 aliphatic heterocycles. The van der Waals surface area contributed by atoms with Crippen molar-refractivity contribution in [2.45, 2.75) is 39.3 Å². The molecule has 2 aromatic rings. The molecule has 2 heterocycles. The van der Waals surface area contributed by atoms with Gasteiger partial charge in [0.05, 0.1) is 18.3 Å². The molecule has 1 saturated heterocycles. The van der Waals surface area contributed by atoms with Crippen molar-refractivity contribution in [2.24, 2.45) is 4.99 Å². The molecule has 0 aliphatic carbocycles.